The van der Waals surface area contributed by atoms with Crippen LogP contribution in [0.4, 0.5) is 52.1 Å². The van der Waals surface area contributed by atoms with Crippen molar-refractivity contribution < 1.29 is 28.0 Å². The van der Waals surface area contributed by atoms with E-state index in [0.29, 0.717) is 73.5 Å². The van der Waals surface area contributed by atoms with Gasteiger partial charge in [-0.2, -0.15) is 0 Å². The number of aromatic nitrogens is 12. The second-order valence-electron chi connectivity index (χ2n) is 21.2. The second kappa shape index (κ2) is 25.3. The van der Waals surface area contributed by atoms with Gasteiger partial charge in [0.25, 0.3) is 0 Å². The van der Waals surface area contributed by atoms with E-state index < -0.39 is 18.5 Å². The van der Waals surface area contributed by atoms with E-state index in [2.05, 4.69) is 87.3 Å². The smallest absolute Gasteiger partial charge is 0.232 e. The van der Waals surface area contributed by atoms with Crippen molar-refractivity contribution in [2.45, 2.75) is 119 Å². The summed E-state index contributed by atoms with van der Waals surface area (Å²) in [5.74, 6) is -0.627. The molecule has 7 N–H and O–H groups in total. The summed E-state index contributed by atoms with van der Waals surface area (Å²) >= 11 is 5.41. The molecular weight excluding hydrogens is 1160 g/mol. The third-order valence-electron chi connectivity index (χ3n) is 15.0. The number of hydrogen-bond acceptors (Lipinski definition) is 24. The van der Waals surface area contributed by atoms with Crippen LogP contribution in [0.3, 0.4) is 0 Å². The molecule has 4 aliphatic rings. The van der Waals surface area contributed by atoms with Crippen molar-refractivity contribution in [1.29, 1.82) is 0 Å². The SMILES string of the molecule is Nc1ccc(CC(=O)Nc2nnc([C@H]3CCC[C@H](c4nnc(NC(=O)Cc5ccc(NC6C(F)CN6c6ccnc(CC(=O)Nc7nnc([C@H]8CCC[C@H](c9nnc(NC(=O)Cc%10cc(N%11CC(F)C%11)ccn%10)s9)C8)s7)c6)cn5)s4)C3)s2)nc1. The Kier molecular flexibility index (Phi) is 17.0. The van der Waals surface area contributed by atoms with Crippen molar-refractivity contribution in [2.24, 2.45) is 0 Å². The second-order valence-corrected chi connectivity index (χ2v) is 25.2. The summed E-state index contributed by atoms with van der Waals surface area (Å²) in [7, 11) is 0. The highest BCUT2D eigenvalue weighted by molar-refractivity contribution is 7.16. The minimum absolute atomic E-state index is 0.0112. The summed E-state index contributed by atoms with van der Waals surface area (Å²) < 4.78 is 28.6. The lowest BCUT2D eigenvalue weighted by Crippen LogP contribution is -2.62. The first kappa shape index (κ1) is 56.3. The lowest BCUT2D eigenvalue weighted by atomic mass is 9.82. The largest absolute Gasteiger partial charge is 0.397 e. The molecule has 0 aromatic carbocycles. The van der Waals surface area contributed by atoms with E-state index in [-0.39, 0.29) is 79.5 Å². The van der Waals surface area contributed by atoms with E-state index in [1.807, 2.05) is 21.9 Å². The Morgan fingerprint density at radius 2 is 0.940 bits per heavy atom. The zero-order chi connectivity index (χ0) is 57.7. The van der Waals surface area contributed by atoms with Crippen LogP contribution in [0.2, 0.25) is 0 Å². The first-order valence-corrected chi connectivity index (χ1v) is 30.8. The van der Waals surface area contributed by atoms with E-state index in [9.17, 15) is 23.6 Å². The van der Waals surface area contributed by atoms with E-state index in [1.54, 1.807) is 55.0 Å². The third kappa shape index (κ3) is 13.9. The fraction of sp³-hybridized carbons (Fsp3) is 0.407. The fourth-order valence-electron chi connectivity index (χ4n) is 10.7. The summed E-state index contributed by atoms with van der Waals surface area (Å²) in [4.78, 5) is 73.2. The van der Waals surface area contributed by atoms with Crippen LogP contribution in [0.1, 0.15) is 118 Å². The normalized spacial score (nSPS) is 20.5. The highest BCUT2D eigenvalue weighted by Gasteiger charge is 2.40. The molecule has 84 heavy (non-hydrogen) atoms. The Morgan fingerprint density at radius 1 is 0.512 bits per heavy atom. The third-order valence-corrected chi connectivity index (χ3v) is 19.0. The Hall–Kier alpha value is -8.22. The van der Waals surface area contributed by atoms with E-state index >= 15 is 4.39 Å². The molecule has 10 heterocycles. The van der Waals surface area contributed by atoms with Gasteiger partial charge in [-0.05, 0) is 87.1 Å². The van der Waals surface area contributed by atoms with Crippen LogP contribution in [-0.2, 0) is 44.9 Å². The number of pyridine rings is 4. The van der Waals surface area contributed by atoms with Gasteiger partial charge in [-0.3, -0.25) is 39.1 Å². The lowest BCUT2D eigenvalue weighted by molar-refractivity contribution is -0.116. The molecule has 24 nitrogen and oxygen atoms in total. The first-order valence-electron chi connectivity index (χ1n) is 27.5. The number of nitrogens with one attached hydrogen (secondary N) is 5. The summed E-state index contributed by atoms with van der Waals surface area (Å²) in [5, 5.41) is 54.3. The molecule has 8 aromatic rings. The fourth-order valence-corrected chi connectivity index (χ4v) is 14.4. The summed E-state index contributed by atoms with van der Waals surface area (Å²) in [6.07, 6.45) is 10.8. The van der Waals surface area contributed by atoms with Gasteiger partial charge in [0.05, 0.1) is 80.5 Å². The molecule has 6 atom stereocenters. The van der Waals surface area contributed by atoms with Crippen LogP contribution < -0.4 is 42.1 Å². The number of carbonyl (C=O) groups is 4. The molecule has 4 fully saturated rings. The molecule has 0 spiro atoms. The van der Waals surface area contributed by atoms with Crippen LogP contribution >= 0.6 is 45.3 Å². The van der Waals surface area contributed by atoms with Gasteiger partial charge in [-0.15, -0.1) is 40.8 Å². The Morgan fingerprint density at radius 3 is 1.36 bits per heavy atom. The van der Waals surface area contributed by atoms with Gasteiger partial charge in [0.15, 0.2) is 6.17 Å². The molecule has 0 radical (unpaired) electrons. The highest BCUT2D eigenvalue weighted by Crippen LogP contribution is 2.45. The number of alkyl halides is 2. The van der Waals surface area contributed by atoms with Gasteiger partial charge in [-0.25, -0.2) is 8.78 Å². The minimum atomic E-state index is -1.19. The Balaban J connectivity index is 0.573. The van der Waals surface area contributed by atoms with Crippen LogP contribution in [0.15, 0.2) is 73.3 Å². The van der Waals surface area contributed by atoms with Crippen molar-refractivity contribution in [3.63, 3.8) is 0 Å². The van der Waals surface area contributed by atoms with Crippen LogP contribution in [0.5, 0.6) is 0 Å². The molecule has 434 valence electrons. The molecule has 2 saturated heterocycles. The Labute approximate surface area is 495 Å². The topological polar surface area (TPSA) is 316 Å². The predicted octanol–water partition coefficient (Wildman–Crippen LogP) is 7.62. The standard InChI is InChI=1S/C54H56F2N20O4S4/c55-32-25-75(26-32)39-11-13-58-37(17-39)21-44(79)65-53-73-69-49(83-53)30-5-2-6-31(16-30)50-70-74-54(84-50)66-45(80)22-38-18-40(12-14-59-38)76-27-41(56)46(76)62-36-10-9-35(61-24-36)20-43(78)64-52-72-68-48(82-52)29-4-1-3-28(15-29)47-67-71-51(81-47)63-42(77)19-34-8-7-33(57)23-60-34/h7-14,17-18,23-24,28-32,41,46,62H,1-6,15-16,19-22,25-27,57H2,(H,63,71,77)(H,64,72,78)(H,65,73,79)(H,66,74,80)/t28-,29-,30-,31-,41?,46?/m0/s1. The highest BCUT2D eigenvalue weighted by atomic mass is 32.1. The van der Waals surface area contributed by atoms with Crippen molar-refractivity contribution in [2.75, 3.05) is 61.8 Å². The Bertz CT molecular complexity index is 3640. The average molecular weight is 1220 g/mol. The van der Waals surface area contributed by atoms with Gasteiger partial charge >= 0.3 is 0 Å². The monoisotopic (exact) mass is 1210 g/mol. The van der Waals surface area contributed by atoms with Gasteiger partial charge in [0.2, 0.25) is 44.2 Å². The first-order chi connectivity index (χ1) is 40.8. The molecule has 2 aliphatic heterocycles. The molecule has 8 aromatic heterocycles. The van der Waals surface area contributed by atoms with Crippen molar-refractivity contribution in [3.8, 4) is 0 Å². The maximum atomic E-state index is 15.2. The molecule has 2 unspecified atom stereocenters. The van der Waals surface area contributed by atoms with Crippen molar-refractivity contribution in [1.82, 2.24) is 60.7 Å². The van der Waals surface area contributed by atoms with Crippen molar-refractivity contribution in [3.05, 3.63) is 116 Å². The maximum absolute atomic E-state index is 15.2. The van der Waals surface area contributed by atoms with Crippen LogP contribution in [0, 0.1) is 0 Å². The number of rotatable bonds is 20. The molecular formula is C54H56F2N20O4S4. The van der Waals surface area contributed by atoms with Crippen molar-refractivity contribution >= 4 is 112 Å². The van der Waals surface area contributed by atoms with E-state index in [1.165, 1.54) is 51.5 Å². The van der Waals surface area contributed by atoms with Gasteiger partial charge in [0, 0.05) is 58.8 Å². The zero-order valence-corrected chi connectivity index (χ0v) is 48.2. The number of nitrogens with two attached hydrogens (primary N) is 1. The molecule has 4 amide bonds. The molecule has 0 bridgehead atoms. The number of amides is 4. The van der Waals surface area contributed by atoms with E-state index in [0.717, 1.165) is 77.1 Å². The minimum Gasteiger partial charge on any atom is -0.397 e. The number of nitrogens with zero attached hydrogens (tertiary/aromatic N) is 14. The summed E-state index contributed by atoms with van der Waals surface area (Å²) in [5.41, 5.74) is 10.5. The van der Waals surface area contributed by atoms with Crippen LogP contribution in [-0.4, -0.2) is 122 Å². The number of nitrogen functional groups attached to an aromatic ring is 1. The quantitative estimate of drug-likeness (QED) is 0.0427. The molecule has 30 heteroatoms. The van der Waals surface area contributed by atoms with Gasteiger partial charge < -0.3 is 42.1 Å². The molecule has 2 saturated carbocycles. The lowest BCUT2D eigenvalue weighted by Gasteiger charge is -2.46. The number of anilines is 8. The van der Waals surface area contributed by atoms with Gasteiger partial charge in [-0.1, -0.05) is 58.2 Å². The molecule has 12 rings (SSSR count). The average Bonchev–Trinajstić information content (AvgIpc) is 4.35. The van der Waals surface area contributed by atoms with Crippen LogP contribution in [0.25, 0.3) is 0 Å². The molecule has 2 aliphatic carbocycles. The number of carbonyl (C=O) groups excluding carboxylic acids is 4. The predicted molar refractivity (Wildman–Crippen MR) is 315 cm³/mol. The summed E-state index contributed by atoms with van der Waals surface area (Å²) in [6, 6.07) is 14.0. The zero-order valence-electron chi connectivity index (χ0n) is 44.9. The number of halogens is 2. The van der Waals surface area contributed by atoms with E-state index in [4.69, 9.17) is 5.73 Å². The summed E-state index contributed by atoms with van der Waals surface area (Å²) in [6.45, 7) is 0.811. The maximum Gasteiger partial charge on any atom is 0.232 e. The number of hydrogen-bond donors (Lipinski definition) is 6. The van der Waals surface area contributed by atoms with Gasteiger partial charge in [0.1, 0.15) is 32.4 Å².